The Bertz CT molecular complexity index is 750. The Morgan fingerprint density at radius 1 is 1.04 bits per heavy atom. The number of non-ortho nitro benzene ring substituents is 1. The van der Waals surface area contributed by atoms with Crippen LogP contribution in [-0.2, 0) is 4.79 Å². The van der Waals surface area contributed by atoms with Crippen molar-refractivity contribution in [2.75, 3.05) is 5.75 Å². The van der Waals surface area contributed by atoms with Gasteiger partial charge in [-0.3, -0.25) is 30.6 Å². The maximum Gasteiger partial charge on any atom is 0.269 e. The van der Waals surface area contributed by atoms with Gasteiger partial charge >= 0.3 is 0 Å². The quantitative estimate of drug-likeness (QED) is 0.449. The van der Waals surface area contributed by atoms with Crippen molar-refractivity contribution in [3.63, 3.8) is 0 Å². The Hall–Kier alpha value is -2.39. The highest BCUT2D eigenvalue weighted by molar-refractivity contribution is 9.10. The molecule has 0 fully saturated rings. The molecule has 0 aliphatic heterocycles. The molecule has 0 aliphatic carbocycles. The molecule has 124 valence electrons. The van der Waals surface area contributed by atoms with E-state index >= 15 is 0 Å². The van der Waals surface area contributed by atoms with Crippen LogP contribution < -0.4 is 10.9 Å². The van der Waals surface area contributed by atoms with E-state index in [2.05, 4.69) is 26.8 Å². The second kappa shape index (κ2) is 8.46. The first kappa shape index (κ1) is 18.0. The highest BCUT2D eigenvalue weighted by Gasteiger charge is 2.10. The highest BCUT2D eigenvalue weighted by atomic mass is 79.9. The molecule has 0 bridgehead atoms. The molecular weight excluding hydrogens is 398 g/mol. The number of benzene rings is 2. The van der Waals surface area contributed by atoms with Crippen molar-refractivity contribution in [3.05, 3.63) is 68.7 Å². The van der Waals surface area contributed by atoms with Gasteiger partial charge in [-0.25, -0.2) is 0 Å². The van der Waals surface area contributed by atoms with E-state index in [1.807, 2.05) is 24.3 Å². The van der Waals surface area contributed by atoms with E-state index in [0.717, 1.165) is 9.37 Å². The number of nitrogens with zero attached hydrogens (tertiary/aromatic N) is 1. The zero-order chi connectivity index (χ0) is 17.5. The molecule has 2 amide bonds. The minimum Gasteiger partial charge on any atom is -0.272 e. The van der Waals surface area contributed by atoms with E-state index in [1.165, 1.54) is 36.0 Å². The van der Waals surface area contributed by atoms with Crippen molar-refractivity contribution in [2.45, 2.75) is 4.90 Å². The fourth-order valence-corrected chi connectivity index (χ4v) is 2.61. The summed E-state index contributed by atoms with van der Waals surface area (Å²) in [5.74, 6) is -0.771. The number of hydrazine groups is 1. The van der Waals surface area contributed by atoms with Crippen molar-refractivity contribution in [1.82, 2.24) is 10.9 Å². The zero-order valence-electron chi connectivity index (χ0n) is 12.2. The summed E-state index contributed by atoms with van der Waals surface area (Å²) in [6.45, 7) is 0. The smallest absolute Gasteiger partial charge is 0.269 e. The summed E-state index contributed by atoms with van der Waals surface area (Å²) in [6.07, 6.45) is 0. The number of rotatable bonds is 5. The van der Waals surface area contributed by atoms with Crippen LogP contribution in [0.1, 0.15) is 10.4 Å². The van der Waals surface area contributed by atoms with E-state index in [4.69, 9.17) is 0 Å². The van der Waals surface area contributed by atoms with Gasteiger partial charge < -0.3 is 0 Å². The molecule has 0 unspecified atom stereocenters. The number of nitro benzene ring substituents is 1. The topological polar surface area (TPSA) is 101 Å². The Morgan fingerprint density at radius 3 is 2.25 bits per heavy atom. The van der Waals surface area contributed by atoms with Crippen molar-refractivity contribution in [2.24, 2.45) is 0 Å². The van der Waals surface area contributed by atoms with E-state index in [-0.39, 0.29) is 22.9 Å². The highest BCUT2D eigenvalue weighted by Crippen LogP contribution is 2.20. The predicted octanol–water partition coefficient (Wildman–Crippen LogP) is 2.91. The van der Waals surface area contributed by atoms with Crippen LogP contribution >= 0.6 is 27.7 Å². The molecule has 0 heterocycles. The van der Waals surface area contributed by atoms with E-state index in [0.29, 0.717) is 0 Å². The average molecular weight is 410 g/mol. The fraction of sp³-hybridized carbons (Fsp3) is 0.0667. The summed E-state index contributed by atoms with van der Waals surface area (Å²) >= 11 is 4.66. The van der Waals surface area contributed by atoms with Crippen LogP contribution in [0.4, 0.5) is 5.69 Å². The third-order valence-electron chi connectivity index (χ3n) is 2.84. The Balaban J connectivity index is 1.79. The van der Waals surface area contributed by atoms with Gasteiger partial charge in [0.25, 0.3) is 11.6 Å². The molecule has 7 nitrogen and oxygen atoms in total. The molecular formula is C15H12BrN3O4S. The van der Waals surface area contributed by atoms with Crippen LogP contribution in [0, 0.1) is 10.1 Å². The van der Waals surface area contributed by atoms with Crippen molar-refractivity contribution >= 4 is 45.2 Å². The molecule has 0 saturated heterocycles. The maximum absolute atomic E-state index is 11.8. The van der Waals surface area contributed by atoms with Gasteiger partial charge in [-0.1, -0.05) is 15.9 Å². The Morgan fingerprint density at radius 2 is 1.67 bits per heavy atom. The molecule has 0 radical (unpaired) electrons. The Kier molecular flexibility index (Phi) is 6.33. The third kappa shape index (κ3) is 5.36. The largest absolute Gasteiger partial charge is 0.272 e. The molecule has 2 N–H and O–H groups in total. The second-order valence-electron chi connectivity index (χ2n) is 4.55. The lowest BCUT2D eigenvalue weighted by molar-refractivity contribution is -0.384. The second-order valence-corrected chi connectivity index (χ2v) is 6.51. The summed E-state index contributed by atoms with van der Waals surface area (Å²) < 4.78 is 0.951. The van der Waals surface area contributed by atoms with E-state index in [9.17, 15) is 19.7 Å². The van der Waals surface area contributed by atoms with Crippen LogP contribution in [0.15, 0.2) is 57.9 Å². The summed E-state index contributed by atoms with van der Waals surface area (Å²) in [5.41, 5.74) is 4.66. The molecule has 24 heavy (non-hydrogen) atoms. The monoisotopic (exact) mass is 409 g/mol. The number of amides is 2. The van der Waals surface area contributed by atoms with Gasteiger partial charge in [-0.2, -0.15) is 0 Å². The van der Waals surface area contributed by atoms with E-state index in [1.54, 1.807) is 0 Å². The van der Waals surface area contributed by atoms with Crippen LogP contribution in [0.5, 0.6) is 0 Å². The first-order valence-corrected chi connectivity index (χ1v) is 8.45. The van der Waals surface area contributed by atoms with Gasteiger partial charge in [-0.05, 0) is 36.4 Å². The van der Waals surface area contributed by atoms with Crippen LogP contribution in [0.3, 0.4) is 0 Å². The first-order chi connectivity index (χ1) is 11.5. The van der Waals surface area contributed by atoms with Gasteiger partial charge in [0, 0.05) is 27.1 Å². The van der Waals surface area contributed by atoms with Gasteiger partial charge in [0.2, 0.25) is 5.91 Å². The first-order valence-electron chi connectivity index (χ1n) is 6.68. The molecule has 2 rings (SSSR count). The van der Waals surface area contributed by atoms with Crippen LogP contribution in [0.2, 0.25) is 0 Å². The number of thioether (sulfide) groups is 1. The van der Waals surface area contributed by atoms with Gasteiger partial charge in [0.1, 0.15) is 0 Å². The average Bonchev–Trinajstić information content (AvgIpc) is 2.59. The van der Waals surface area contributed by atoms with Crippen molar-refractivity contribution < 1.29 is 14.5 Å². The predicted molar refractivity (Wildman–Crippen MR) is 93.6 cm³/mol. The number of nitrogens with one attached hydrogen (secondary N) is 2. The van der Waals surface area contributed by atoms with Crippen LogP contribution in [-0.4, -0.2) is 22.5 Å². The maximum atomic E-state index is 11.8. The summed E-state index contributed by atoms with van der Waals surface area (Å²) in [5, 5.41) is 10.5. The summed E-state index contributed by atoms with van der Waals surface area (Å²) in [7, 11) is 0. The standard InChI is InChI=1S/C15H12BrN3O4S/c16-11-3-7-13(8-4-11)24-9-14(20)17-18-15(21)10-1-5-12(6-2-10)19(22)23/h1-8H,9H2,(H,17,20)(H,18,21). The van der Waals surface area contributed by atoms with Crippen LogP contribution in [0.25, 0.3) is 0 Å². The molecule has 0 aromatic heterocycles. The fourth-order valence-electron chi connectivity index (χ4n) is 1.65. The number of hydrogen-bond donors (Lipinski definition) is 2. The third-order valence-corrected chi connectivity index (χ3v) is 4.38. The SMILES string of the molecule is O=C(CSc1ccc(Br)cc1)NNC(=O)c1ccc([N+](=O)[O-])cc1. The summed E-state index contributed by atoms with van der Waals surface area (Å²) in [4.78, 5) is 34.5. The number of carbonyl (C=O) groups excluding carboxylic acids is 2. The molecule has 2 aromatic rings. The molecule has 9 heteroatoms. The lowest BCUT2D eigenvalue weighted by atomic mass is 10.2. The number of hydrogen-bond acceptors (Lipinski definition) is 5. The number of carbonyl (C=O) groups is 2. The minimum absolute atomic E-state index is 0.110. The zero-order valence-corrected chi connectivity index (χ0v) is 14.6. The molecule has 2 aromatic carbocycles. The normalized spacial score (nSPS) is 10.0. The number of halogens is 1. The molecule has 0 saturated carbocycles. The number of nitro groups is 1. The summed E-state index contributed by atoms with van der Waals surface area (Å²) in [6, 6.07) is 12.6. The molecule has 0 aliphatic rings. The molecule has 0 spiro atoms. The van der Waals surface area contributed by atoms with Gasteiger partial charge in [0.15, 0.2) is 0 Å². The van der Waals surface area contributed by atoms with Gasteiger partial charge in [-0.15, -0.1) is 11.8 Å². The van der Waals surface area contributed by atoms with Crippen molar-refractivity contribution in [3.8, 4) is 0 Å². The lowest BCUT2D eigenvalue weighted by Crippen LogP contribution is -2.42. The van der Waals surface area contributed by atoms with Crippen molar-refractivity contribution in [1.29, 1.82) is 0 Å². The molecule has 0 atom stereocenters. The lowest BCUT2D eigenvalue weighted by Gasteiger charge is -2.07. The minimum atomic E-state index is -0.553. The van der Waals surface area contributed by atoms with E-state index < -0.39 is 10.8 Å². The van der Waals surface area contributed by atoms with Gasteiger partial charge in [0.05, 0.1) is 10.7 Å². The Labute approximate surface area is 150 Å².